The van der Waals surface area contributed by atoms with Crippen LogP contribution in [0.4, 0.5) is 0 Å². The average molecular weight is 165 g/mol. The van der Waals surface area contributed by atoms with Crippen molar-refractivity contribution in [2.45, 2.75) is 19.8 Å². The number of hydrogen-bond donors (Lipinski definition) is 1. The summed E-state index contributed by atoms with van der Waals surface area (Å²) in [4.78, 5) is 14.4. The number of aromatic hydroxyl groups is 1. The van der Waals surface area contributed by atoms with Crippen molar-refractivity contribution < 1.29 is 9.90 Å². The van der Waals surface area contributed by atoms with E-state index in [1.807, 2.05) is 13.8 Å². The first-order valence-electron chi connectivity index (χ1n) is 3.79. The predicted octanol–water partition coefficient (Wildman–Crippen LogP) is 1.72. The summed E-state index contributed by atoms with van der Waals surface area (Å²) in [5.41, 5.74) is 1.11. The fourth-order valence-electron chi connectivity index (χ4n) is 0.891. The van der Waals surface area contributed by atoms with E-state index in [-0.39, 0.29) is 11.7 Å². The van der Waals surface area contributed by atoms with E-state index in [4.69, 9.17) is 5.11 Å². The highest BCUT2D eigenvalue weighted by Gasteiger charge is 2.05. The molecule has 0 fully saturated rings. The Morgan fingerprint density at radius 1 is 1.58 bits per heavy atom. The molecule has 0 saturated carbocycles. The van der Waals surface area contributed by atoms with Crippen molar-refractivity contribution in [3.63, 3.8) is 0 Å². The van der Waals surface area contributed by atoms with E-state index < -0.39 is 0 Å². The Morgan fingerprint density at radius 3 is 2.75 bits per heavy atom. The van der Waals surface area contributed by atoms with Crippen molar-refractivity contribution in [3.05, 3.63) is 23.5 Å². The van der Waals surface area contributed by atoms with Gasteiger partial charge in [0.05, 0.1) is 11.8 Å². The molecule has 0 aliphatic carbocycles. The summed E-state index contributed by atoms with van der Waals surface area (Å²) < 4.78 is 0. The number of aromatic nitrogens is 1. The largest absolute Gasteiger partial charge is 0.506 e. The van der Waals surface area contributed by atoms with E-state index in [0.717, 1.165) is 5.69 Å². The lowest BCUT2D eigenvalue weighted by Gasteiger charge is -2.04. The molecule has 0 aliphatic heterocycles. The van der Waals surface area contributed by atoms with Crippen LogP contribution in [-0.4, -0.2) is 16.4 Å². The van der Waals surface area contributed by atoms with Crippen molar-refractivity contribution in [1.82, 2.24) is 4.98 Å². The van der Waals surface area contributed by atoms with Crippen molar-refractivity contribution in [2.75, 3.05) is 0 Å². The maximum Gasteiger partial charge on any atom is 0.153 e. The third-order valence-electron chi connectivity index (χ3n) is 1.65. The normalized spacial score (nSPS) is 10.2. The van der Waals surface area contributed by atoms with E-state index in [9.17, 15) is 4.79 Å². The lowest BCUT2D eigenvalue weighted by molar-refractivity contribution is 0.112. The zero-order valence-corrected chi connectivity index (χ0v) is 7.11. The second kappa shape index (κ2) is 3.34. The molecule has 1 aromatic rings. The molecule has 0 aromatic carbocycles. The third-order valence-corrected chi connectivity index (χ3v) is 1.65. The second-order valence-electron chi connectivity index (χ2n) is 2.94. The highest BCUT2D eigenvalue weighted by molar-refractivity contribution is 5.78. The van der Waals surface area contributed by atoms with Gasteiger partial charge in [-0.2, -0.15) is 0 Å². The Kier molecular flexibility index (Phi) is 2.43. The number of carbonyl (C=O) groups excluding carboxylic acids is 1. The minimum atomic E-state index is -0.0607. The zero-order chi connectivity index (χ0) is 9.14. The van der Waals surface area contributed by atoms with Crippen LogP contribution in [0.2, 0.25) is 0 Å². The molecule has 1 rings (SSSR count). The van der Waals surface area contributed by atoms with E-state index in [1.165, 1.54) is 6.20 Å². The molecular formula is C9H11NO2. The van der Waals surface area contributed by atoms with Gasteiger partial charge in [-0.05, 0) is 12.0 Å². The van der Waals surface area contributed by atoms with E-state index >= 15 is 0 Å². The molecular weight excluding hydrogens is 154 g/mol. The number of hydrogen-bond acceptors (Lipinski definition) is 3. The maximum absolute atomic E-state index is 10.4. The van der Waals surface area contributed by atoms with Gasteiger partial charge >= 0.3 is 0 Å². The predicted molar refractivity (Wildman–Crippen MR) is 45.4 cm³/mol. The highest BCUT2D eigenvalue weighted by Crippen LogP contribution is 2.18. The van der Waals surface area contributed by atoms with Gasteiger partial charge in [0, 0.05) is 5.69 Å². The van der Waals surface area contributed by atoms with Gasteiger partial charge in [-0.3, -0.25) is 9.78 Å². The van der Waals surface area contributed by atoms with Gasteiger partial charge in [-0.25, -0.2) is 0 Å². The van der Waals surface area contributed by atoms with Crippen molar-refractivity contribution in [3.8, 4) is 5.75 Å². The molecule has 1 heterocycles. The molecule has 0 unspecified atom stereocenters. The Balaban J connectivity index is 3.13. The summed E-state index contributed by atoms with van der Waals surface area (Å²) >= 11 is 0. The zero-order valence-electron chi connectivity index (χ0n) is 7.11. The first-order chi connectivity index (χ1) is 5.65. The molecule has 0 atom stereocenters. The first kappa shape index (κ1) is 8.71. The van der Waals surface area contributed by atoms with E-state index in [2.05, 4.69) is 4.98 Å². The van der Waals surface area contributed by atoms with Crippen LogP contribution in [0.25, 0.3) is 0 Å². The molecule has 0 amide bonds. The van der Waals surface area contributed by atoms with Gasteiger partial charge in [0.15, 0.2) is 6.29 Å². The van der Waals surface area contributed by atoms with Gasteiger partial charge in [-0.1, -0.05) is 13.8 Å². The second-order valence-corrected chi connectivity index (χ2v) is 2.94. The van der Waals surface area contributed by atoms with Crippen LogP contribution in [0.5, 0.6) is 5.75 Å². The van der Waals surface area contributed by atoms with Gasteiger partial charge in [0.25, 0.3) is 0 Å². The number of aldehydes is 1. The Labute approximate surface area is 71.1 Å². The lowest BCUT2D eigenvalue weighted by atomic mass is 10.1. The lowest BCUT2D eigenvalue weighted by Crippen LogP contribution is -1.94. The first-order valence-corrected chi connectivity index (χ1v) is 3.79. The van der Waals surface area contributed by atoms with Crippen molar-refractivity contribution in [2.24, 2.45) is 0 Å². The molecule has 0 bridgehead atoms. The van der Waals surface area contributed by atoms with Crippen molar-refractivity contribution >= 4 is 6.29 Å². The third kappa shape index (κ3) is 1.61. The molecule has 12 heavy (non-hydrogen) atoms. The molecule has 3 heteroatoms. The van der Waals surface area contributed by atoms with Gasteiger partial charge < -0.3 is 5.11 Å². The number of rotatable bonds is 2. The van der Waals surface area contributed by atoms with Gasteiger partial charge in [-0.15, -0.1) is 0 Å². The van der Waals surface area contributed by atoms with Crippen LogP contribution in [0.15, 0.2) is 12.3 Å². The van der Waals surface area contributed by atoms with Crippen molar-refractivity contribution in [1.29, 1.82) is 0 Å². The standard InChI is InChI=1S/C9H11NO2/c1-6(2)8-3-7(5-11)9(12)4-10-8/h3-6,12H,1-2H3. The smallest absolute Gasteiger partial charge is 0.153 e. The van der Waals surface area contributed by atoms with Crippen LogP contribution >= 0.6 is 0 Å². The van der Waals surface area contributed by atoms with Gasteiger partial charge in [0.2, 0.25) is 0 Å². The van der Waals surface area contributed by atoms with Crippen LogP contribution in [0.1, 0.15) is 35.8 Å². The topological polar surface area (TPSA) is 50.2 Å². The summed E-state index contributed by atoms with van der Waals surface area (Å²) in [5, 5.41) is 9.12. The summed E-state index contributed by atoms with van der Waals surface area (Å²) in [5.74, 6) is 0.207. The highest BCUT2D eigenvalue weighted by atomic mass is 16.3. The summed E-state index contributed by atoms with van der Waals surface area (Å²) in [6, 6.07) is 1.60. The van der Waals surface area contributed by atoms with Gasteiger partial charge in [0.1, 0.15) is 5.75 Å². The Hall–Kier alpha value is -1.38. The minimum Gasteiger partial charge on any atom is -0.506 e. The SMILES string of the molecule is CC(C)c1cc(C=O)c(O)cn1. The van der Waals surface area contributed by atoms with Crippen LogP contribution in [0, 0.1) is 0 Å². The van der Waals surface area contributed by atoms with E-state index in [1.54, 1.807) is 6.07 Å². The molecule has 64 valence electrons. The molecule has 0 saturated heterocycles. The quantitative estimate of drug-likeness (QED) is 0.679. The minimum absolute atomic E-state index is 0.0607. The summed E-state index contributed by atoms with van der Waals surface area (Å²) in [6.45, 7) is 3.96. The molecule has 0 radical (unpaired) electrons. The van der Waals surface area contributed by atoms with E-state index in [0.29, 0.717) is 11.8 Å². The van der Waals surface area contributed by atoms with Crippen LogP contribution in [-0.2, 0) is 0 Å². The maximum atomic E-state index is 10.4. The summed E-state index contributed by atoms with van der Waals surface area (Å²) in [6.07, 6.45) is 1.93. The average Bonchev–Trinajstić information content (AvgIpc) is 2.05. The fourth-order valence-corrected chi connectivity index (χ4v) is 0.891. The molecule has 0 aliphatic rings. The molecule has 3 nitrogen and oxygen atoms in total. The van der Waals surface area contributed by atoms with Crippen LogP contribution < -0.4 is 0 Å². The molecule has 1 aromatic heterocycles. The Morgan fingerprint density at radius 2 is 2.25 bits per heavy atom. The Bertz CT molecular complexity index is 295. The summed E-state index contributed by atoms with van der Waals surface area (Å²) in [7, 11) is 0. The number of pyridine rings is 1. The fraction of sp³-hybridized carbons (Fsp3) is 0.333. The number of nitrogens with zero attached hydrogens (tertiary/aromatic N) is 1. The number of carbonyl (C=O) groups is 1. The molecule has 1 N–H and O–H groups in total. The monoisotopic (exact) mass is 165 g/mol. The van der Waals surface area contributed by atoms with Crippen LogP contribution in [0.3, 0.4) is 0 Å². The molecule has 0 spiro atoms.